The van der Waals surface area contributed by atoms with Crippen LogP contribution in [0.2, 0.25) is 0 Å². The number of hydrogen-bond acceptors (Lipinski definition) is 7. The minimum absolute atomic E-state index is 0.0136. The van der Waals surface area contributed by atoms with Gasteiger partial charge in [0.05, 0.1) is 39.8 Å². The number of carbonyl (C=O) groups excluding carboxylic acids is 1. The molecule has 7 nitrogen and oxygen atoms in total. The number of aromatic nitrogens is 2. The SMILES string of the molecule is CCOc1cccc2sc(N(Cc3ccccn3)C(=O)c3ccccc3S(=O)(=O)CC)nc12. The third-order valence-corrected chi connectivity index (χ3v) is 7.86. The topological polar surface area (TPSA) is 89.5 Å². The Labute approximate surface area is 196 Å². The van der Waals surface area contributed by atoms with Crippen LogP contribution in [0.15, 0.2) is 71.8 Å². The Morgan fingerprint density at radius 3 is 2.55 bits per heavy atom. The van der Waals surface area contributed by atoms with Crippen LogP contribution in [0, 0.1) is 0 Å². The van der Waals surface area contributed by atoms with Gasteiger partial charge in [-0.2, -0.15) is 0 Å². The van der Waals surface area contributed by atoms with Crippen LogP contribution in [-0.4, -0.2) is 36.7 Å². The molecule has 0 saturated heterocycles. The summed E-state index contributed by atoms with van der Waals surface area (Å²) in [7, 11) is -3.60. The Bertz CT molecular complexity index is 1390. The van der Waals surface area contributed by atoms with Gasteiger partial charge in [0.2, 0.25) is 0 Å². The Morgan fingerprint density at radius 2 is 1.82 bits per heavy atom. The van der Waals surface area contributed by atoms with Crippen LogP contribution in [-0.2, 0) is 16.4 Å². The number of pyridine rings is 1. The van der Waals surface area contributed by atoms with Crippen LogP contribution in [0.1, 0.15) is 29.9 Å². The normalized spacial score (nSPS) is 11.5. The predicted octanol–water partition coefficient (Wildman–Crippen LogP) is 4.73. The van der Waals surface area contributed by atoms with E-state index in [-0.39, 0.29) is 22.8 Å². The first-order chi connectivity index (χ1) is 15.9. The molecule has 0 unspecified atom stereocenters. The lowest BCUT2D eigenvalue weighted by Gasteiger charge is -2.21. The third-order valence-electron chi connectivity index (χ3n) is 5.03. The standard InChI is InChI=1S/C24H23N3O4S2/c1-3-31-19-12-9-13-20-22(19)26-24(32-20)27(16-17-10-7-8-15-25-17)23(28)18-11-5-6-14-21(18)33(29,30)4-2/h5-15H,3-4,16H2,1-2H3. The minimum atomic E-state index is -3.60. The van der Waals surface area contributed by atoms with E-state index in [4.69, 9.17) is 9.72 Å². The van der Waals surface area contributed by atoms with Crippen molar-refractivity contribution in [3.8, 4) is 5.75 Å². The smallest absolute Gasteiger partial charge is 0.261 e. The summed E-state index contributed by atoms with van der Waals surface area (Å²) in [6, 6.07) is 17.4. The molecule has 0 aliphatic rings. The average molecular weight is 482 g/mol. The Balaban J connectivity index is 1.85. The van der Waals surface area contributed by atoms with Crippen LogP contribution in [0.3, 0.4) is 0 Å². The van der Waals surface area contributed by atoms with Crippen molar-refractivity contribution < 1.29 is 17.9 Å². The monoisotopic (exact) mass is 481 g/mol. The van der Waals surface area contributed by atoms with Crippen molar-refractivity contribution in [2.75, 3.05) is 17.3 Å². The molecule has 0 atom stereocenters. The Hall–Kier alpha value is -3.30. The van der Waals surface area contributed by atoms with E-state index in [1.54, 1.807) is 31.3 Å². The number of carbonyl (C=O) groups is 1. The van der Waals surface area contributed by atoms with Gasteiger partial charge in [0.1, 0.15) is 11.3 Å². The third kappa shape index (κ3) is 4.74. The summed E-state index contributed by atoms with van der Waals surface area (Å²) < 4.78 is 31.9. The highest BCUT2D eigenvalue weighted by atomic mass is 32.2. The molecule has 2 aromatic heterocycles. The summed E-state index contributed by atoms with van der Waals surface area (Å²) in [6.07, 6.45) is 1.65. The van der Waals surface area contributed by atoms with E-state index >= 15 is 0 Å². The van der Waals surface area contributed by atoms with Gasteiger partial charge in [-0.1, -0.05) is 42.5 Å². The van der Waals surface area contributed by atoms with Gasteiger partial charge in [-0.15, -0.1) is 0 Å². The van der Waals surface area contributed by atoms with E-state index in [1.807, 2.05) is 37.3 Å². The summed E-state index contributed by atoms with van der Waals surface area (Å²) in [5.74, 6) is 0.0816. The molecule has 1 amide bonds. The van der Waals surface area contributed by atoms with Crippen LogP contribution in [0.5, 0.6) is 5.75 Å². The summed E-state index contributed by atoms with van der Waals surface area (Å²) in [6.45, 7) is 4.09. The van der Waals surface area contributed by atoms with Gasteiger partial charge >= 0.3 is 0 Å². The van der Waals surface area contributed by atoms with Gasteiger partial charge in [0.15, 0.2) is 15.0 Å². The summed E-state index contributed by atoms with van der Waals surface area (Å²) >= 11 is 1.34. The highest BCUT2D eigenvalue weighted by Gasteiger charge is 2.28. The Morgan fingerprint density at radius 1 is 1.03 bits per heavy atom. The number of para-hydroxylation sites is 1. The number of sulfone groups is 1. The van der Waals surface area contributed by atoms with Crippen molar-refractivity contribution in [3.05, 3.63) is 78.1 Å². The molecule has 0 N–H and O–H groups in total. The largest absolute Gasteiger partial charge is 0.492 e. The van der Waals surface area contributed by atoms with E-state index in [0.29, 0.717) is 28.7 Å². The second-order valence-electron chi connectivity index (χ2n) is 7.14. The first kappa shape index (κ1) is 22.9. The number of nitrogens with zero attached hydrogens (tertiary/aromatic N) is 3. The lowest BCUT2D eigenvalue weighted by molar-refractivity contribution is 0.0981. The van der Waals surface area contributed by atoms with Crippen molar-refractivity contribution >= 4 is 42.4 Å². The molecule has 4 rings (SSSR count). The fourth-order valence-electron chi connectivity index (χ4n) is 3.39. The molecule has 0 radical (unpaired) electrons. The molecule has 9 heteroatoms. The van der Waals surface area contributed by atoms with Gasteiger partial charge in [-0.05, 0) is 43.3 Å². The van der Waals surface area contributed by atoms with Gasteiger partial charge in [-0.3, -0.25) is 14.7 Å². The maximum Gasteiger partial charge on any atom is 0.261 e. The number of amides is 1. The number of anilines is 1. The molecule has 4 aromatic rings. The highest BCUT2D eigenvalue weighted by molar-refractivity contribution is 7.91. The minimum Gasteiger partial charge on any atom is -0.492 e. The zero-order chi connectivity index (χ0) is 23.4. The van der Waals surface area contributed by atoms with Crippen molar-refractivity contribution in [2.45, 2.75) is 25.3 Å². The molecule has 0 fully saturated rings. The predicted molar refractivity (Wildman–Crippen MR) is 130 cm³/mol. The van der Waals surface area contributed by atoms with Gasteiger partial charge in [0.25, 0.3) is 5.91 Å². The summed E-state index contributed by atoms with van der Waals surface area (Å²) in [5.41, 5.74) is 1.43. The lowest BCUT2D eigenvalue weighted by Crippen LogP contribution is -2.32. The molecule has 0 spiro atoms. The number of hydrogen-bond donors (Lipinski definition) is 0. The van der Waals surface area contributed by atoms with E-state index in [9.17, 15) is 13.2 Å². The van der Waals surface area contributed by atoms with Crippen molar-refractivity contribution in [3.63, 3.8) is 0 Å². The molecular weight excluding hydrogens is 458 g/mol. The highest BCUT2D eigenvalue weighted by Crippen LogP contribution is 2.35. The van der Waals surface area contributed by atoms with Crippen LogP contribution in [0.25, 0.3) is 10.2 Å². The molecule has 170 valence electrons. The Kier molecular flexibility index (Phi) is 6.71. The molecule has 2 heterocycles. The fraction of sp³-hybridized carbons (Fsp3) is 0.208. The van der Waals surface area contributed by atoms with Crippen LogP contribution < -0.4 is 9.64 Å². The number of thiazole rings is 1. The van der Waals surface area contributed by atoms with Crippen LogP contribution >= 0.6 is 11.3 Å². The van der Waals surface area contributed by atoms with Crippen molar-refractivity contribution in [1.29, 1.82) is 0 Å². The fourth-order valence-corrected chi connectivity index (χ4v) is 5.46. The summed E-state index contributed by atoms with van der Waals surface area (Å²) in [4.78, 5) is 24.3. The van der Waals surface area contributed by atoms with Crippen molar-refractivity contribution in [2.24, 2.45) is 0 Å². The zero-order valence-corrected chi connectivity index (χ0v) is 19.9. The number of rotatable bonds is 8. The quantitative estimate of drug-likeness (QED) is 0.361. The second-order valence-corrected chi connectivity index (χ2v) is 10.4. The maximum absolute atomic E-state index is 13.8. The van der Waals surface area contributed by atoms with Crippen molar-refractivity contribution in [1.82, 2.24) is 9.97 Å². The summed E-state index contributed by atoms with van der Waals surface area (Å²) in [5, 5.41) is 0.441. The van der Waals surface area contributed by atoms with E-state index < -0.39 is 15.7 Å². The van der Waals surface area contributed by atoms with Crippen LogP contribution in [0.4, 0.5) is 5.13 Å². The van der Waals surface area contributed by atoms with Gasteiger partial charge < -0.3 is 4.74 Å². The van der Waals surface area contributed by atoms with E-state index in [0.717, 1.165) is 4.70 Å². The molecule has 0 aliphatic heterocycles. The maximum atomic E-state index is 13.8. The molecule has 2 aromatic carbocycles. The second kappa shape index (κ2) is 9.68. The molecule has 0 bridgehead atoms. The average Bonchev–Trinajstić information content (AvgIpc) is 3.28. The molecular formula is C24H23N3O4S2. The first-order valence-electron chi connectivity index (χ1n) is 10.5. The van der Waals surface area contributed by atoms with E-state index in [2.05, 4.69) is 4.98 Å². The zero-order valence-electron chi connectivity index (χ0n) is 18.3. The van der Waals surface area contributed by atoms with E-state index in [1.165, 1.54) is 28.4 Å². The van der Waals surface area contributed by atoms with Gasteiger partial charge in [-0.25, -0.2) is 13.4 Å². The molecule has 33 heavy (non-hydrogen) atoms. The molecule has 0 saturated carbocycles. The first-order valence-corrected chi connectivity index (χ1v) is 13.0. The number of benzene rings is 2. The lowest BCUT2D eigenvalue weighted by atomic mass is 10.2. The molecule has 0 aliphatic carbocycles. The number of ether oxygens (including phenoxy) is 1. The van der Waals surface area contributed by atoms with Gasteiger partial charge in [0, 0.05) is 6.20 Å². The number of fused-ring (bicyclic) bond motifs is 1.